The lowest BCUT2D eigenvalue weighted by atomic mass is 9.86. The highest BCUT2D eigenvalue weighted by molar-refractivity contribution is 6.31. The van der Waals surface area contributed by atoms with E-state index in [2.05, 4.69) is 5.10 Å². The zero-order chi connectivity index (χ0) is 34.6. The lowest BCUT2D eigenvalue weighted by molar-refractivity contribution is -0.192. The van der Waals surface area contributed by atoms with Crippen molar-refractivity contribution < 1.29 is 41.0 Å². The number of rotatable bonds is 7. The Morgan fingerprint density at radius 1 is 1.06 bits per heavy atom. The molecule has 1 amide bonds. The first-order valence-corrected chi connectivity index (χ1v) is 15.5. The molecule has 1 saturated carbocycles. The van der Waals surface area contributed by atoms with Gasteiger partial charge in [0.2, 0.25) is 5.91 Å². The fourth-order valence-corrected chi connectivity index (χ4v) is 6.46. The molecule has 256 valence electrons. The van der Waals surface area contributed by atoms with Gasteiger partial charge in [-0.3, -0.25) is 4.79 Å². The topological polar surface area (TPSA) is 91.6 Å². The van der Waals surface area contributed by atoms with E-state index < -0.39 is 42.3 Å². The van der Waals surface area contributed by atoms with Crippen molar-refractivity contribution >= 4 is 23.5 Å². The lowest BCUT2D eigenvalue weighted by Crippen LogP contribution is -2.42. The summed E-state index contributed by atoms with van der Waals surface area (Å²) in [4.78, 5) is 31.3. The Morgan fingerprint density at radius 3 is 2.30 bits per heavy atom. The van der Waals surface area contributed by atoms with Crippen molar-refractivity contribution in [1.29, 1.82) is 0 Å². The zero-order valence-electron chi connectivity index (χ0n) is 26.1. The predicted molar refractivity (Wildman–Crippen MR) is 162 cm³/mol. The molecule has 8 nitrogen and oxygen atoms in total. The number of carbonyl (C=O) groups excluding carboxylic acids is 1. The molecule has 5 rings (SSSR count). The van der Waals surface area contributed by atoms with Crippen LogP contribution in [0, 0.1) is 31.4 Å². The molecule has 1 aliphatic carbocycles. The van der Waals surface area contributed by atoms with Crippen LogP contribution in [0.2, 0.25) is 5.02 Å². The normalized spacial score (nSPS) is 20.3. The second-order valence-electron chi connectivity index (χ2n) is 11.9. The minimum Gasteiger partial charge on any atom is -0.475 e. The van der Waals surface area contributed by atoms with E-state index in [0.717, 1.165) is 36.0 Å². The van der Waals surface area contributed by atoms with Gasteiger partial charge >= 0.3 is 12.1 Å². The third-order valence-electron chi connectivity index (χ3n) is 8.82. The molecule has 3 atom stereocenters. The number of carboxylic acids is 1. The van der Waals surface area contributed by atoms with Crippen molar-refractivity contribution in [2.45, 2.75) is 63.6 Å². The molecule has 1 N–H and O–H groups in total. The number of carboxylic acid groups (broad SMARTS) is 1. The number of aliphatic carboxylic acids is 1. The summed E-state index contributed by atoms with van der Waals surface area (Å²) in [5.41, 5.74) is 2.21. The number of likely N-dealkylation sites (tertiary alicyclic amines) is 1. The van der Waals surface area contributed by atoms with E-state index in [1.54, 1.807) is 0 Å². The number of carbonyl (C=O) groups is 2. The summed E-state index contributed by atoms with van der Waals surface area (Å²) in [5.74, 6) is -3.23. The van der Waals surface area contributed by atoms with Gasteiger partial charge in [0.1, 0.15) is 30.0 Å². The molecule has 0 bridgehead atoms. The van der Waals surface area contributed by atoms with Crippen LogP contribution < -0.4 is 0 Å². The summed E-state index contributed by atoms with van der Waals surface area (Å²) in [6.45, 7) is 4.68. The Hall–Kier alpha value is -3.65. The molecular weight excluding hydrogens is 652 g/mol. The van der Waals surface area contributed by atoms with Gasteiger partial charge < -0.3 is 14.9 Å². The van der Waals surface area contributed by atoms with Gasteiger partial charge in [0.15, 0.2) is 0 Å². The van der Waals surface area contributed by atoms with Crippen LogP contribution in [0.15, 0.2) is 36.4 Å². The SMILES string of the molecule is Cc1nc(C2CCN(C(=O)[C@@H]3C[C@@H](N(C)CCF)C[C@H]3c3ccc(F)cc3F)CC2)n(-c2ccc(Cl)c(C)c2)n1.O=C(O)C(F)(F)F. The largest absolute Gasteiger partial charge is 0.490 e. The summed E-state index contributed by atoms with van der Waals surface area (Å²) in [6, 6.07) is 9.29. The van der Waals surface area contributed by atoms with Crippen LogP contribution in [0.4, 0.5) is 26.3 Å². The highest BCUT2D eigenvalue weighted by atomic mass is 35.5. The standard InChI is InChI=1S/C30H35ClF3N5O.C2HF3O2/c1-18-14-22(5-7-27(18)31)39-29(35-19(2)36-39)20-8-11-38(12-9-20)30(40)26-17-23(37(3)13-10-32)16-25(26)24-6-4-21(33)15-28(24)34;3-2(4,5)1(6)7/h4-7,14-15,20,23,25-26H,8-13,16-17H2,1-3H3;(H,6,7)/t23-,25-,26+;/m0./s1. The van der Waals surface area contributed by atoms with Gasteiger partial charge in [-0.2, -0.15) is 18.3 Å². The number of aryl methyl sites for hydroxylation is 2. The molecule has 1 saturated heterocycles. The maximum Gasteiger partial charge on any atom is 0.490 e. The number of alkyl halides is 4. The Bertz CT molecular complexity index is 1580. The number of piperidine rings is 1. The molecule has 3 aromatic rings. The molecule has 2 aliphatic rings. The van der Waals surface area contributed by atoms with Crippen LogP contribution in [-0.2, 0) is 9.59 Å². The van der Waals surface area contributed by atoms with Crippen LogP contribution in [0.25, 0.3) is 5.69 Å². The van der Waals surface area contributed by atoms with Crippen LogP contribution in [-0.4, -0.2) is 87.1 Å². The molecule has 2 aromatic carbocycles. The van der Waals surface area contributed by atoms with Gasteiger partial charge in [-0.1, -0.05) is 17.7 Å². The van der Waals surface area contributed by atoms with Crippen molar-refractivity contribution in [2.75, 3.05) is 33.4 Å². The molecular formula is C32H36ClF6N5O3. The van der Waals surface area contributed by atoms with Crippen LogP contribution in [0.3, 0.4) is 0 Å². The smallest absolute Gasteiger partial charge is 0.475 e. The molecule has 15 heteroatoms. The van der Waals surface area contributed by atoms with Gasteiger partial charge in [0, 0.05) is 48.6 Å². The highest BCUT2D eigenvalue weighted by Gasteiger charge is 2.44. The number of hydrogen-bond donors (Lipinski definition) is 1. The van der Waals surface area contributed by atoms with Crippen molar-refractivity contribution in [1.82, 2.24) is 24.6 Å². The van der Waals surface area contributed by atoms with E-state index in [-0.39, 0.29) is 24.4 Å². The molecule has 0 spiro atoms. The van der Waals surface area contributed by atoms with E-state index in [4.69, 9.17) is 26.5 Å². The number of aromatic nitrogens is 3. The van der Waals surface area contributed by atoms with E-state index in [9.17, 15) is 31.1 Å². The molecule has 0 radical (unpaired) electrons. The van der Waals surface area contributed by atoms with Crippen LogP contribution in [0.5, 0.6) is 0 Å². The van der Waals surface area contributed by atoms with E-state index >= 15 is 0 Å². The molecule has 2 fully saturated rings. The summed E-state index contributed by atoms with van der Waals surface area (Å²) < 4.78 is 75.2. The minimum absolute atomic E-state index is 0.0192. The fraction of sp³-hybridized carbons (Fsp3) is 0.500. The molecule has 0 unspecified atom stereocenters. The summed E-state index contributed by atoms with van der Waals surface area (Å²) in [7, 11) is 1.83. The Morgan fingerprint density at radius 2 is 1.72 bits per heavy atom. The average molecular weight is 688 g/mol. The van der Waals surface area contributed by atoms with Crippen LogP contribution in [0.1, 0.15) is 60.3 Å². The van der Waals surface area contributed by atoms with Crippen LogP contribution >= 0.6 is 11.6 Å². The van der Waals surface area contributed by atoms with Gasteiger partial charge in [0.05, 0.1) is 5.69 Å². The monoisotopic (exact) mass is 687 g/mol. The molecule has 47 heavy (non-hydrogen) atoms. The number of benzene rings is 2. The Kier molecular flexibility index (Phi) is 11.6. The van der Waals surface area contributed by atoms with Gasteiger partial charge in [-0.05, 0) is 87.9 Å². The van der Waals surface area contributed by atoms with Crippen molar-refractivity contribution in [3.63, 3.8) is 0 Å². The second-order valence-corrected chi connectivity index (χ2v) is 12.3. The predicted octanol–water partition coefficient (Wildman–Crippen LogP) is 6.62. The van der Waals surface area contributed by atoms with E-state index in [0.29, 0.717) is 42.3 Å². The highest BCUT2D eigenvalue weighted by Crippen LogP contribution is 2.44. The second kappa shape index (κ2) is 15.1. The number of hydrogen-bond acceptors (Lipinski definition) is 5. The number of amides is 1. The van der Waals surface area contributed by atoms with E-state index in [1.807, 2.05) is 53.6 Å². The molecule has 1 aromatic heterocycles. The third kappa shape index (κ3) is 8.64. The van der Waals surface area contributed by atoms with Gasteiger partial charge in [-0.15, -0.1) is 0 Å². The Balaban J connectivity index is 0.000000644. The first-order chi connectivity index (χ1) is 22.1. The lowest BCUT2D eigenvalue weighted by Gasteiger charge is -2.34. The quantitative estimate of drug-likeness (QED) is 0.281. The van der Waals surface area contributed by atoms with Gasteiger partial charge in [-0.25, -0.2) is 27.6 Å². The fourth-order valence-electron chi connectivity index (χ4n) is 6.34. The third-order valence-corrected chi connectivity index (χ3v) is 9.24. The summed E-state index contributed by atoms with van der Waals surface area (Å²) in [5, 5.41) is 12.4. The first kappa shape index (κ1) is 36.2. The van der Waals surface area contributed by atoms with Crippen molar-refractivity contribution in [3.05, 3.63) is 75.8 Å². The number of nitrogens with zero attached hydrogens (tertiary/aromatic N) is 5. The summed E-state index contributed by atoms with van der Waals surface area (Å²) >= 11 is 6.23. The zero-order valence-corrected chi connectivity index (χ0v) is 26.8. The molecule has 1 aliphatic heterocycles. The van der Waals surface area contributed by atoms with Crippen molar-refractivity contribution in [3.8, 4) is 5.69 Å². The maximum atomic E-state index is 14.9. The van der Waals surface area contributed by atoms with E-state index in [1.165, 1.54) is 12.1 Å². The Labute approximate surface area is 273 Å². The minimum atomic E-state index is -5.08. The first-order valence-electron chi connectivity index (χ1n) is 15.1. The average Bonchev–Trinajstić information content (AvgIpc) is 3.63. The maximum absolute atomic E-state index is 14.9. The number of halogens is 7. The molecule has 2 heterocycles. The van der Waals surface area contributed by atoms with Crippen molar-refractivity contribution in [2.24, 2.45) is 5.92 Å². The van der Waals surface area contributed by atoms with Gasteiger partial charge in [0.25, 0.3) is 0 Å². The summed E-state index contributed by atoms with van der Waals surface area (Å²) in [6.07, 6.45) is -2.59.